The zero-order chi connectivity index (χ0) is 14.7. The van der Waals surface area contributed by atoms with Crippen LogP contribution in [0.4, 0.5) is 5.69 Å². The summed E-state index contributed by atoms with van der Waals surface area (Å²) in [5, 5.41) is 11.2. The van der Waals surface area contributed by atoms with Crippen molar-refractivity contribution in [2.45, 2.75) is 44.2 Å². The number of anilines is 1. The highest BCUT2D eigenvalue weighted by atomic mass is 35.5. The lowest BCUT2D eigenvalue weighted by atomic mass is 10.0. The maximum absolute atomic E-state index is 10.4. The summed E-state index contributed by atoms with van der Waals surface area (Å²) in [6.07, 6.45) is 5.68. The molecule has 0 radical (unpaired) electrons. The van der Waals surface area contributed by atoms with Gasteiger partial charge in [0.2, 0.25) is 0 Å². The molecule has 1 aliphatic heterocycles. The Hall–Kier alpha value is -0.770. The zero-order valence-corrected chi connectivity index (χ0v) is 13.3. The van der Waals surface area contributed by atoms with Crippen LogP contribution in [0.25, 0.3) is 0 Å². The minimum atomic E-state index is -0.139. The summed E-state index contributed by atoms with van der Waals surface area (Å²) in [7, 11) is 0. The van der Waals surface area contributed by atoms with Crippen LogP contribution in [0.15, 0.2) is 24.3 Å². The van der Waals surface area contributed by atoms with E-state index in [1.54, 1.807) is 0 Å². The summed E-state index contributed by atoms with van der Waals surface area (Å²) in [5.41, 5.74) is 1.14. The molecule has 2 aliphatic rings. The van der Waals surface area contributed by atoms with E-state index in [2.05, 4.69) is 15.9 Å². The van der Waals surface area contributed by atoms with Gasteiger partial charge >= 0.3 is 0 Å². The number of para-hydroxylation sites is 1. The van der Waals surface area contributed by atoms with Gasteiger partial charge in [0.05, 0.1) is 16.8 Å². The van der Waals surface area contributed by atoms with E-state index >= 15 is 0 Å². The number of hydrogen-bond acceptors (Lipinski definition) is 3. The second-order valence-corrected chi connectivity index (χ2v) is 6.65. The number of hydrogen-bond donors (Lipinski definition) is 1. The Balaban J connectivity index is 1.61. The molecule has 1 heterocycles. The van der Waals surface area contributed by atoms with Crippen molar-refractivity contribution in [2.75, 3.05) is 31.1 Å². The largest absolute Gasteiger partial charge is 0.391 e. The van der Waals surface area contributed by atoms with Gasteiger partial charge in [-0.05, 0) is 25.0 Å². The van der Waals surface area contributed by atoms with Crippen molar-refractivity contribution in [1.82, 2.24) is 4.90 Å². The Morgan fingerprint density at radius 1 is 0.952 bits per heavy atom. The van der Waals surface area contributed by atoms with Crippen molar-refractivity contribution in [3.63, 3.8) is 0 Å². The van der Waals surface area contributed by atoms with Gasteiger partial charge < -0.3 is 10.0 Å². The van der Waals surface area contributed by atoms with Gasteiger partial charge in [-0.1, -0.05) is 43.0 Å². The molecule has 3 nitrogen and oxygen atoms in total. The fourth-order valence-electron chi connectivity index (χ4n) is 3.70. The third-order valence-electron chi connectivity index (χ3n) is 4.92. The number of benzene rings is 1. The summed E-state index contributed by atoms with van der Waals surface area (Å²) >= 11 is 6.29. The first-order valence-electron chi connectivity index (χ1n) is 8.17. The number of aliphatic hydroxyl groups excluding tert-OH is 1. The van der Waals surface area contributed by atoms with Crippen LogP contribution in [0.2, 0.25) is 5.02 Å². The van der Waals surface area contributed by atoms with Crippen molar-refractivity contribution in [3.05, 3.63) is 29.3 Å². The molecule has 116 valence electrons. The molecule has 4 heteroatoms. The first kappa shape index (κ1) is 15.1. The number of rotatable bonds is 2. The van der Waals surface area contributed by atoms with Gasteiger partial charge in [0.15, 0.2) is 0 Å². The molecule has 0 spiro atoms. The first-order valence-corrected chi connectivity index (χ1v) is 8.55. The monoisotopic (exact) mass is 308 g/mol. The number of aliphatic hydroxyl groups is 1. The molecule has 0 amide bonds. The standard InChI is InChI=1S/C17H25ClN2O/c18-14-6-4-5-7-15(14)19-10-12-20(13-11-19)16-8-2-1-3-9-17(16)21/h4-7,16-17,21H,1-3,8-13H2. The van der Waals surface area contributed by atoms with Crippen LogP contribution in [0, 0.1) is 0 Å². The van der Waals surface area contributed by atoms with Crippen LogP contribution >= 0.6 is 11.6 Å². The third-order valence-corrected chi connectivity index (χ3v) is 5.24. The highest BCUT2D eigenvalue weighted by Gasteiger charge is 2.30. The lowest BCUT2D eigenvalue weighted by molar-refractivity contribution is 0.0410. The molecule has 1 saturated heterocycles. The molecule has 2 atom stereocenters. The zero-order valence-electron chi connectivity index (χ0n) is 12.5. The Morgan fingerprint density at radius 2 is 1.67 bits per heavy atom. The number of piperazine rings is 1. The molecule has 2 unspecified atom stereocenters. The first-order chi connectivity index (χ1) is 10.3. The molecule has 1 N–H and O–H groups in total. The maximum Gasteiger partial charge on any atom is 0.0695 e. The highest BCUT2D eigenvalue weighted by Crippen LogP contribution is 2.28. The van der Waals surface area contributed by atoms with Gasteiger partial charge in [0, 0.05) is 32.2 Å². The lowest BCUT2D eigenvalue weighted by Gasteiger charge is -2.41. The van der Waals surface area contributed by atoms with Crippen LogP contribution in [-0.4, -0.2) is 48.3 Å². The van der Waals surface area contributed by atoms with E-state index in [1.165, 1.54) is 19.3 Å². The highest BCUT2D eigenvalue weighted by molar-refractivity contribution is 6.33. The topological polar surface area (TPSA) is 26.7 Å². The quantitative estimate of drug-likeness (QED) is 0.850. The van der Waals surface area contributed by atoms with Crippen LogP contribution < -0.4 is 4.90 Å². The van der Waals surface area contributed by atoms with Gasteiger partial charge in [0.1, 0.15) is 0 Å². The van der Waals surface area contributed by atoms with Crippen molar-refractivity contribution in [3.8, 4) is 0 Å². The van der Waals surface area contributed by atoms with Gasteiger partial charge in [-0.2, -0.15) is 0 Å². The van der Waals surface area contributed by atoms with Gasteiger partial charge in [-0.15, -0.1) is 0 Å². The summed E-state index contributed by atoms with van der Waals surface area (Å²) in [6.45, 7) is 4.03. The van der Waals surface area contributed by atoms with E-state index in [4.69, 9.17) is 11.6 Å². The predicted molar refractivity (Wildman–Crippen MR) is 88.1 cm³/mol. The fraction of sp³-hybridized carbons (Fsp3) is 0.647. The molecule has 0 aromatic heterocycles. The summed E-state index contributed by atoms with van der Waals surface area (Å²) in [6, 6.07) is 8.43. The molecular formula is C17H25ClN2O. The molecule has 1 saturated carbocycles. The van der Waals surface area contributed by atoms with Crippen molar-refractivity contribution in [1.29, 1.82) is 0 Å². The molecule has 3 rings (SSSR count). The molecule has 1 aliphatic carbocycles. The van der Waals surface area contributed by atoms with Crippen molar-refractivity contribution in [2.24, 2.45) is 0 Å². The number of nitrogens with zero attached hydrogens (tertiary/aromatic N) is 2. The van der Waals surface area contributed by atoms with Crippen LogP contribution in [0.1, 0.15) is 32.1 Å². The molecule has 1 aromatic carbocycles. The lowest BCUT2D eigenvalue weighted by Crippen LogP contribution is -2.53. The predicted octanol–water partition coefficient (Wildman–Crippen LogP) is 3.16. The normalized spacial score (nSPS) is 28.4. The second-order valence-electron chi connectivity index (χ2n) is 6.25. The summed E-state index contributed by atoms with van der Waals surface area (Å²) in [4.78, 5) is 4.85. The Kier molecular flexibility index (Phi) is 5.04. The van der Waals surface area contributed by atoms with E-state index < -0.39 is 0 Å². The maximum atomic E-state index is 10.4. The molecule has 21 heavy (non-hydrogen) atoms. The van der Waals surface area contributed by atoms with E-state index in [1.807, 2.05) is 18.2 Å². The Morgan fingerprint density at radius 3 is 2.43 bits per heavy atom. The van der Waals surface area contributed by atoms with Gasteiger partial charge in [-0.25, -0.2) is 0 Å². The second kappa shape index (κ2) is 6.99. The average molecular weight is 309 g/mol. The van der Waals surface area contributed by atoms with E-state index in [0.717, 1.165) is 49.7 Å². The Bertz CT molecular complexity index is 460. The Labute approximate surface area is 132 Å². The van der Waals surface area contributed by atoms with E-state index in [9.17, 15) is 5.11 Å². The minimum absolute atomic E-state index is 0.139. The van der Waals surface area contributed by atoms with Crippen LogP contribution in [-0.2, 0) is 0 Å². The molecule has 0 bridgehead atoms. The van der Waals surface area contributed by atoms with E-state index in [-0.39, 0.29) is 6.10 Å². The van der Waals surface area contributed by atoms with Crippen molar-refractivity contribution < 1.29 is 5.11 Å². The van der Waals surface area contributed by atoms with Gasteiger partial charge in [-0.3, -0.25) is 4.90 Å². The number of halogens is 1. The molecule has 2 fully saturated rings. The third kappa shape index (κ3) is 3.53. The van der Waals surface area contributed by atoms with Crippen LogP contribution in [0.5, 0.6) is 0 Å². The fourth-order valence-corrected chi connectivity index (χ4v) is 3.95. The minimum Gasteiger partial charge on any atom is -0.391 e. The smallest absolute Gasteiger partial charge is 0.0695 e. The van der Waals surface area contributed by atoms with Crippen molar-refractivity contribution >= 4 is 17.3 Å². The van der Waals surface area contributed by atoms with E-state index in [0.29, 0.717) is 6.04 Å². The SMILES string of the molecule is OC1CCCCCC1N1CCN(c2ccccc2Cl)CC1. The van der Waals surface area contributed by atoms with Gasteiger partial charge in [0.25, 0.3) is 0 Å². The molecule has 1 aromatic rings. The molecular weight excluding hydrogens is 284 g/mol. The summed E-state index contributed by atoms with van der Waals surface area (Å²) in [5.74, 6) is 0. The average Bonchev–Trinajstić information content (AvgIpc) is 2.73. The van der Waals surface area contributed by atoms with Crippen LogP contribution in [0.3, 0.4) is 0 Å². The summed E-state index contributed by atoms with van der Waals surface area (Å²) < 4.78 is 0.